The smallest absolute Gasteiger partial charge is 0.390 e. The first-order valence-electron chi connectivity index (χ1n) is 6.08. The minimum atomic E-state index is -0.777. The molecule has 116 valence electrons. The maximum Gasteiger partial charge on any atom is 0.490 e. The Morgan fingerprint density at radius 2 is 2.41 bits per heavy atom. The minimum Gasteiger partial charge on any atom is -0.390 e. The lowest BCUT2D eigenvalue weighted by atomic mass is 10.4. The molecule has 0 saturated carbocycles. The van der Waals surface area contributed by atoms with Crippen molar-refractivity contribution in [3.63, 3.8) is 0 Å². The van der Waals surface area contributed by atoms with Crippen LogP contribution in [0.5, 0.6) is 0 Å². The third kappa shape index (κ3) is 3.47. The molecule has 11 nitrogen and oxygen atoms in total. The lowest BCUT2D eigenvalue weighted by Gasteiger charge is -1.96. The Morgan fingerprint density at radius 3 is 3.00 bits per heavy atom. The van der Waals surface area contributed by atoms with E-state index < -0.39 is 22.7 Å². The number of halogens is 1. The summed E-state index contributed by atoms with van der Waals surface area (Å²) in [6.07, 6.45) is 3.43. The molecular weight excluding hydrogens is 299 g/mol. The van der Waals surface area contributed by atoms with Crippen LogP contribution < -0.4 is 5.43 Å². The quantitative estimate of drug-likeness (QED) is 0.442. The number of aryl methyl sites for hydroxylation is 1. The number of rotatable bonds is 6. The van der Waals surface area contributed by atoms with Gasteiger partial charge in [0.25, 0.3) is 5.91 Å². The van der Waals surface area contributed by atoms with Crippen LogP contribution in [-0.4, -0.2) is 41.6 Å². The van der Waals surface area contributed by atoms with Gasteiger partial charge >= 0.3 is 5.95 Å². The van der Waals surface area contributed by atoms with Gasteiger partial charge in [-0.3, -0.25) is 4.79 Å². The summed E-state index contributed by atoms with van der Waals surface area (Å²) in [5.74, 6) is -1.77. The molecule has 0 radical (unpaired) electrons. The van der Waals surface area contributed by atoms with E-state index in [1.807, 2.05) is 0 Å². The predicted octanol–water partition coefficient (Wildman–Crippen LogP) is -0.308. The molecule has 0 bridgehead atoms. The number of nitro groups is 1. The first kappa shape index (κ1) is 15.2. The molecule has 1 N–H and O–H groups in total. The summed E-state index contributed by atoms with van der Waals surface area (Å²) >= 11 is 0. The zero-order valence-electron chi connectivity index (χ0n) is 11.4. The molecule has 2 aromatic heterocycles. The number of aromatic nitrogens is 5. The van der Waals surface area contributed by atoms with Gasteiger partial charge in [0.2, 0.25) is 12.3 Å². The molecule has 0 aliphatic heterocycles. The van der Waals surface area contributed by atoms with Gasteiger partial charge in [-0.05, 0) is 11.8 Å². The van der Waals surface area contributed by atoms with Crippen molar-refractivity contribution in [2.45, 2.75) is 20.0 Å². The van der Waals surface area contributed by atoms with Gasteiger partial charge in [-0.1, -0.05) is 4.98 Å². The van der Waals surface area contributed by atoms with Crippen molar-refractivity contribution in [3.8, 4) is 0 Å². The number of carbonyl (C=O) groups is 1. The molecular formula is C10H11FN8O3. The Hall–Kier alpha value is -3.18. The first-order valence-corrected chi connectivity index (χ1v) is 6.08. The molecule has 2 aromatic rings. The van der Waals surface area contributed by atoms with Crippen molar-refractivity contribution in [1.29, 1.82) is 0 Å². The van der Waals surface area contributed by atoms with Gasteiger partial charge < -0.3 is 10.1 Å². The molecule has 0 fully saturated rings. The topological polar surface area (TPSA) is 133 Å². The van der Waals surface area contributed by atoms with E-state index in [1.165, 1.54) is 6.20 Å². The van der Waals surface area contributed by atoms with Gasteiger partial charge in [-0.25, -0.2) is 10.1 Å². The van der Waals surface area contributed by atoms with Gasteiger partial charge in [0.1, 0.15) is 6.54 Å². The number of carbonyl (C=O) groups excluding carboxylic acids is 1. The van der Waals surface area contributed by atoms with Crippen LogP contribution in [0.4, 0.5) is 10.3 Å². The van der Waals surface area contributed by atoms with Crippen LogP contribution in [0.15, 0.2) is 17.6 Å². The van der Waals surface area contributed by atoms with Crippen LogP contribution >= 0.6 is 0 Å². The highest BCUT2D eigenvalue weighted by Gasteiger charge is 2.15. The molecule has 0 spiro atoms. The molecule has 0 aromatic carbocycles. The van der Waals surface area contributed by atoms with Crippen molar-refractivity contribution in [2.24, 2.45) is 5.10 Å². The molecule has 22 heavy (non-hydrogen) atoms. The first-order chi connectivity index (χ1) is 10.5. The van der Waals surface area contributed by atoms with E-state index in [9.17, 15) is 19.3 Å². The molecule has 0 atom stereocenters. The zero-order valence-corrected chi connectivity index (χ0v) is 11.4. The van der Waals surface area contributed by atoms with Gasteiger partial charge in [-0.15, -0.1) is 0 Å². The van der Waals surface area contributed by atoms with Gasteiger partial charge in [0, 0.05) is 11.6 Å². The monoisotopic (exact) mass is 310 g/mol. The fourth-order valence-corrected chi connectivity index (χ4v) is 1.49. The fraction of sp³-hybridized carbons (Fsp3) is 0.300. The molecule has 2 heterocycles. The Balaban J connectivity index is 1.90. The highest BCUT2D eigenvalue weighted by Crippen LogP contribution is 2.03. The minimum absolute atomic E-state index is 0.124. The average Bonchev–Trinajstić information content (AvgIpc) is 3.07. The summed E-state index contributed by atoms with van der Waals surface area (Å²) in [4.78, 5) is 24.5. The largest absolute Gasteiger partial charge is 0.490 e. The summed E-state index contributed by atoms with van der Waals surface area (Å²) in [5, 5.41) is 21.2. The SMILES string of the molecule is CCn1ncc(C=NNC(=O)Cn2cnc([N+](=O)[O-])n2)c1F. The second-order valence-electron chi connectivity index (χ2n) is 4.00. The molecule has 0 saturated heterocycles. The van der Waals surface area contributed by atoms with Gasteiger partial charge in [0.05, 0.1) is 18.0 Å². The van der Waals surface area contributed by atoms with Crippen molar-refractivity contribution < 1.29 is 14.1 Å². The maximum atomic E-state index is 13.6. The lowest BCUT2D eigenvalue weighted by Crippen LogP contribution is -2.23. The van der Waals surface area contributed by atoms with Crippen LogP contribution in [0.2, 0.25) is 0 Å². The number of nitrogens with one attached hydrogen (secondary N) is 1. The number of hydrogen-bond donors (Lipinski definition) is 1. The maximum absolute atomic E-state index is 13.6. The second-order valence-corrected chi connectivity index (χ2v) is 4.00. The third-order valence-electron chi connectivity index (χ3n) is 2.49. The van der Waals surface area contributed by atoms with E-state index >= 15 is 0 Å². The summed E-state index contributed by atoms with van der Waals surface area (Å²) in [7, 11) is 0. The summed E-state index contributed by atoms with van der Waals surface area (Å²) < 4.78 is 15.7. The van der Waals surface area contributed by atoms with Crippen LogP contribution in [0.3, 0.4) is 0 Å². The number of amides is 1. The van der Waals surface area contributed by atoms with E-state index in [1.54, 1.807) is 6.92 Å². The third-order valence-corrected chi connectivity index (χ3v) is 2.49. The van der Waals surface area contributed by atoms with Crippen LogP contribution in [-0.2, 0) is 17.9 Å². The average molecular weight is 310 g/mol. The van der Waals surface area contributed by atoms with E-state index in [0.29, 0.717) is 6.54 Å². The van der Waals surface area contributed by atoms with Gasteiger partial charge in [-0.2, -0.15) is 19.3 Å². The second kappa shape index (κ2) is 6.51. The highest BCUT2D eigenvalue weighted by atomic mass is 19.1. The molecule has 0 aliphatic rings. The Labute approximate surface area is 122 Å². The predicted molar refractivity (Wildman–Crippen MR) is 70.3 cm³/mol. The lowest BCUT2D eigenvalue weighted by molar-refractivity contribution is -0.394. The van der Waals surface area contributed by atoms with Gasteiger partial charge in [0.15, 0.2) is 0 Å². The molecule has 1 amide bonds. The van der Waals surface area contributed by atoms with Crippen LogP contribution in [0, 0.1) is 16.1 Å². The summed E-state index contributed by atoms with van der Waals surface area (Å²) in [6.45, 7) is 1.79. The van der Waals surface area contributed by atoms with Crippen molar-refractivity contribution in [2.75, 3.05) is 0 Å². The Bertz CT molecular complexity index is 722. The van der Waals surface area contributed by atoms with Crippen LogP contribution in [0.1, 0.15) is 12.5 Å². The Morgan fingerprint density at radius 1 is 1.64 bits per heavy atom. The molecule has 0 unspecified atom stereocenters. The number of hydrazone groups is 1. The highest BCUT2D eigenvalue weighted by molar-refractivity contribution is 5.81. The molecule has 12 heteroatoms. The van der Waals surface area contributed by atoms with Crippen LogP contribution in [0.25, 0.3) is 0 Å². The molecule has 2 rings (SSSR count). The van der Waals surface area contributed by atoms with Crippen molar-refractivity contribution >= 4 is 18.1 Å². The fourth-order valence-electron chi connectivity index (χ4n) is 1.49. The number of nitrogens with zero attached hydrogens (tertiary/aromatic N) is 7. The van der Waals surface area contributed by atoms with E-state index in [2.05, 4.69) is 25.7 Å². The summed E-state index contributed by atoms with van der Waals surface area (Å²) in [6, 6.07) is 0. The zero-order chi connectivity index (χ0) is 16.1. The van der Waals surface area contributed by atoms with E-state index in [0.717, 1.165) is 21.9 Å². The van der Waals surface area contributed by atoms with E-state index in [-0.39, 0.29) is 12.1 Å². The Kier molecular flexibility index (Phi) is 4.50. The van der Waals surface area contributed by atoms with Crippen molar-refractivity contribution in [3.05, 3.63) is 34.1 Å². The standard InChI is InChI=1S/C10H11FN8O3/c1-2-18-9(11)7(4-14-18)3-13-15-8(20)5-17-6-12-10(16-17)19(21)22/h3-4,6H,2,5H2,1H3,(H,15,20). The number of hydrogen-bond acceptors (Lipinski definition) is 7. The normalized spacial score (nSPS) is 11.0. The van der Waals surface area contributed by atoms with E-state index in [4.69, 9.17) is 0 Å². The summed E-state index contributed by atoms with van der Waals surface area (Å²) in [5.41, 5.74) is 2.26. The van der Waals surface area contributed by atoms with Crippen molar-refractivity contribution in [1.82, 2.24) is 30.0 Å². The molecule has 0 aliphatic carbocycles.